The predicted molar refractivity (Wildman–Crippen MR) is 107 cm³/mol. The highest BCUT2D eigenvalue weighted by molar-refractivity contribution is 6.22. The van der Waals surface area contributed by atoms with E-state index in [1.807, 2.05) is 32.0 Å². The minimum Gasteiger partial charge on any atom is -0.369 e. The van der Waals surface area contributed by atoms with Crippen LogP contribution in [0.3, 0.4) is 0 Å². The Balaban J connectivity index is 1.45. The third-order valence-corrected chi connectivity index (χ3v) is 5.66. The summed E-state index contributed by atoms with van der Waals surface area (Å²) < 4.78 is 13.1. The number of benzene rings is 2. The molecule has 0 bridgehead atoms. The molecule has 2 amide bonds. The molecule has 0 aliphatic carbocycles. The molecule has 2 saturated heterocycles. The Labute approximate surface area is 164 Å². The maximum atomic E-state index is 13.1. The molecule has 0 saturated carbocycles. The van der Waals surface area contributed by atoms with Gasteiger partial charge in [-0.2, -0.15) is 0 Å². The first-order chi connectivity index (χ1) is 13.4. The minimum atomic E-state index is -0.399. The number of aryl methyl sites for hydroxylation is 2. The van der Waals surface area contributed by atoms with E-state index in [0.717, 1.165) is 29.9 Å². The number of halogens is 1. The van der Waals surface area contributed by atoms with E-state index >= 15 is 0 Å². The second kappa shape index (κ2) is 7.36. The van der Waals surface area contributed by atoms with Crippen molar-refractivity contribution in [2.45, 2.75) is 26.3 Å². The number of carbonyl (C=O) groups is 2. The monoisotopic (exact) mass is 381 g/mol. The Morgan fingerprint density at radius 1 is 0.929 bits per heavy atom. The second-order valence-electron chi connectivity index (χ2n) is 7.58. The van der Waals surface area contributed by atoms with Crippen LogP contribution in [0.4, 0.5) is 15.8 Å². The predicted octanol–water partition coefficient (Wildman–Crippen LogP) is 2.90. The molecule has 0 radical (unpaired) electrons. The molecule has 2 aromatic rings. The number of hydrogen-bond donors (Lipinski definition) is 0. The van der Waals surface area contributed by atoms with Crippen LogP contribution in [0.5, 0.6) is 0 Å². The summed E-state index contributed by atoms with van der Waals surface area (Å²) in [6.45, 7) is 6.80. The molecule has 0 unspecified atom stereocenters. The quantitative estimate of drug-likeness (QED) is 0.767. The Kier molecular flexibility index (Phi) is 4.89. The molecule has 2 fully saturated rings. The van der Waals surface area contributed by atoms with Crippen molar-refractivity contribution in [1.29, 1.82) is 0 Å². The minimum absolute atomic E-state index is 0.132. The van der Waals surface area contributed by atoms with Crippen molar-refractivity contribution >= 4 is 23.2 Å². The summed E-state index contributed by atoms with van der Waals surface area (Å²) in [5, 5.41) is 0. The Hall–Kier alpha value is -2.73. The lowest BCUT2D eigenvalue weighted by molar-refractivity contribution is -0.123. The molecule has 4 rings (SSSR count). The van der Waals surface area contributed by atoms with Crippen LogP contribution in [0.25, 0.3) is 0 Å². The number of hydrogen-bond acceptors (Lipinski definition) is 4. The van der Waals surface area contributed by atoms with Gasteiger partial charge in [-0.1, -0.05) is 17.7 Å². The topological polar surface area (TPSA) is 43.9 Å². The fourth-order valence-electron chi connectivity index (χ4n) is 4.15. The number of piperazine rings is 1. The molecule has 5 nitrogen and oxygen atoms in total. The van der Waals surface area contributed by atoms with Gasteiger partial charge in [0.25, 0.3) is 5.91 Å². The highest BCUT2D eigenvalue weighted by atomic mass is 19.1. The molecule has 2 heterocycles. The molecule has 2 aliphatic heterocycles. The van der Waals surface area contributed by atoms with E-state index < -0.39 is 6.04 Å². The molecule has 0 aromatic heterocycles. The number of nitrogens with zero attached hydrogens (tertiary/aromatic N) is 3. The number of imide groups is 1. The van der Waals surface area contributed by atoms with Crippen LogP contribution < -0.4 is 9.80 Å². The van der Waals surface area contributed by atoms with Crippen LogP contribution in [0, 0.1) is 19.7 Å². The van der Waals surface area contributed by atoms with E-state index in [0.29, 0.717) is 18.8 Å². The van der Waals surface area contributed by atoms with Crippen molar-refractivity contribution in [3.05, 3.63) is 59.4 Å². The Morgan fingerprint density at radius 2 is 1.61 bits per heavy atom. The van der Waals surface area contributed by atoms with Crippen LogP contribution in [0.2, 0.25) is 0 Å². The van der Waals surface area contributed by atoms with E-state index in [9.17, 15) is 14.0 Å². The van der Waals surface area contributed by atoms with E-state index in [4.69, 9.17) is 0 Å². The molecule has 2 aliphatic rings. The van der Waals surface area contributed by atoms with Gasteiger partial charge in [-0.15, -0.1) is 0 Å². The molecule has 28 heavy (non-hydrogen) atoms. The molecule has 0 N–H and O–H groups in total. The van der Waals surface area contributed by atoms with Crippen molar-refractivity contribution in [2.24, 2.45) is 0 Å². The molecule has 2 aromatic carbocycles. The number of anilines is 2. The molecule has 146 valence electrons. The zero-order chi connectivity index (χ0) is 19.8. The summed E-state index contributed by atoms with van der Waals surface area (Å²) in [6.07, 6.45) is 0.225. The third kappa shape index (κ3) is 3.40. The van der Waals surface area contributed by atoms with Gasteiger partial charge < -0.3 is 4.90 Å². The van der Waals surface area contributed by atoms with E-state index in [1.165, 1.54) is 17.0 Å². The van der Waals surface area contributed by atoms with Crippen LogP contribution >= 0.6 is 0 Å². The first kappa shape index (κ1) is 18.6. The normalized spacial score (nSPS) is 20.9. The summed E-state index contributed by atoms with van der Waals surface area (Å²) in [5.74, 6) is -0.515. The maximum Gasteiger partial charge on any atom is 0.251 e. The SMILES string of the molecule is Cc1ccc(N2C(=O)C[C@@H](N3CCN(c4ccc(F)cc4)CC3)C2=O)c(C)c1. The average Bonchev–Trinajstić information content (AvgIpc) is 2.97. The van der Waals surface area contributed by atoms with Crippen molar-refractivity contribution in [1.82, 2.24) is 4.90 Å². The zero-order valence-corrected chi connectivity index (χ0v) is 16.2. The molecular formula is C22H24FN3O2. The van der Waals surface area contributed by atoms with Crippen molar-refractivity contribution in [3.8, 4) is 0 Å². The smallest absolute Gasteiger partial charge is 0.251 e. The molecular weight excluding hydrogens is 357 g/mol. The Bertz CT molecular complexity index is 904. The lowest BCUT2D eigenvalue weighted by atomic mass is 10.1. The van der Waals surface area contributed by atoms with Gasteiger partial charge in [0.15, 0.2) is 0 Å². The number of carbonyl (C=O) groups excluding carboxylic acids is 2. The number of amides is 2. The average molecular weight is 381 g/mol. The van der Waals surface area contributed by atoms with Crippen molar-refractivity contribution in [3.63, 3.8) is 0 Å². The van der Waals surface area contributed by atoms with Crippen LogP contribution in [0.15, 0.2) is 42.5 Å². The largest absolute Gasteiger partial charge is 0.369 e. The summed E-state index contributed by atoms with van der Waals surface area (Å²) in [5.41, 5.74) is 3.71. The van der Waals surface area contributed by atoms with Crippen molar-refractivity contribution < 1.29 is 14.0 Å². The van der Waals surface area contributed by atoms with E-state index in [2.05, 4.69) is 9.80 Å². The van der Waals surface area contributed by atoms with E-state index in [1.54, 1.807) is 12.1 Å². The van der Waals surface area contributed by atoms with Gasteiger partial charge in [-0.25, -0.2) is 9.29 Å². The first-order valence-electron chi connectivity index (χ1n) is 9.62. The lowest BCUT2D eigenvalue weighted by Gasteiger charge is -2.38. The fraction of sp³-hybridized carbons (Fsp3) is 0.364. The van der Waals surface area contributed by atoms with Gasteiger partial charge in [-0.3, -0.25) is 14.5 Å². The van der Waals surface area contributed by atoms with Crippen LogP contribution in [-0.2, 0) is 9.59 Å². The van der Waals surface area contributed by atoms with Crippen LogP contribution in [0.1, 0.15) is 17.5 Å². The van der Waals surface area contributed by atoms with Crippen LogP contribution in [-0.4, -0.2) is 48.9 Å². The fourth-order valence-corrected chi connectivity index (χ4v) is 4.15. The third-order valence-electron chi connectivity index (χ3n) is 5.66. The summed E-state index contributed by atoms with van der Waals surface area (Å²) in [7, 11) is 0. The van der Waals surface area contributed by atoms with Gasteiger partial charge in [0.2, 0.25) is 5.91 Å². The summed E-state index contributed by atoms with van der Waals surface area (Å²) in [6, 6.07) is 11.8. The second-order valence-corrected chi connectivity index (χ2v) is 7.58. The number of rotatable bonds is 3. The van der Waals surface area contributed by atoms with Gasteiger partial charge in [0.1, 0.15) is 5.82 Å². The first-order valence-corrected chi connectivity index (χ1v) is 9.62. The molecule has 6 heteroatoms. The van der Waals surface area contributed by atoms with Gasteiger partial charge in [-0.05, 0) is 49.7 Å². The molecule has 1 atom stereocenters. The Morgan fingerprint density at radius 3 is 2.25 bits per heavy atom. The molecule has 0 spiro atoms. The van der Waals surface area contributed by atoms with Gasteiger partial charge >= 0.3 is 0 Å². The lowest BCUT2D eigenvalue weighted by Crippen LogP contribution is -2.52. The van der Waals surface area contributed by atoms with Gasteiger partial charge in [0.05, 0.1) is 18.2 Å². The summed E-state index contributed by atoms with van der Waals surface area (Å²) >= 11 is 0. The van der Waals surface area contributed by atoms with Gasteiger partial charge in [0, 0.05) is 31.9 Å². The highest BCUT2D eigenvalue weighted by Gasteiger charge is 2.43. The summed E-state index contributed by atoms with van der Waals surface area (Å²) in [4.78, 5) is 31.3. The standard InChI is InChI=1S/C22H24FN3O2/c1-15-3-8-19(16(2)13-15)26-21(27)14-20(22(26)28)25-11-9-24(10-12-25)18-6-4-17(23)5-7-18/h3-8,13,20H,9-12,14H2,1-2H3/t20-/m1/s1. The van der Waals surface area contributed by atoms with Crippen molar-refractivity contribution in [2.75, 3.05) is 36.0 Å². The zero-order valence-electron chi connectivity index (χ0n) is 16.2. The maximum absolute atomic E-state index is 13.1. The highest BCUT2D eigenvalue weighted by Crippen LogP contribution is 2.29. The van der Waals surface area contributed by atoms with E-state index in [-0.39, 0.29) is 24.1 Å².